The van der Waals surface area contributed by atoms with Gasteiger partial charge >= 0.3 is 5.97 Å². The van der Waals surface area contributed by atoms with Crippen LogP contribution in [0.1, 0.15) is 66.7 Å². The highest BCUT2D eigenvalue weighted by Gasteiger charge is 2.73. The zero-order valence-corrected chi connectivity index (χ0v) is 14.2. The van der Waals surface area contributed by atoms with E-state index in [-0.39, 0.29) is 22.9 Å². The molecule has 4 fully saturated rings. The molecule has 0 heterocycles. The average Bonchev–Trinajstić information content (AvgIpc) is 3.01. The third kappa shape index (κ3) is 1.74. The first-order valence-corrected chi connectivity index (χ1v) is 8.87. The van der Waals surface area contributed by atoms with Crippen LogP contribution in [0.5, 0.6) is 0 Å². The molecule has 118 valence electrons. The van der Waals surface area contributed by atoms with Gasteiger partial charge in [0.25, 0.3) is 0 Å². The van der Waals surface area contributed by atoms with E-state index in [0.29, 0.717) is 5.41 Å². The second-order valence-electron chi connectivity index (χ2n) is 10.0. The Balaban J connectivity index is 1.65. The molecule has 0 aliphatic heterocycles. The van der Waals surface area contributed by atoms with Gasteiger partial charge in [-0.1, -0.05) is 13.8 Å². The molecular weight excluding hydrogens is 260 g/mol. The average molecular weight is 290 g/mol. The second kappa shape index (κ2) is 3.86. The van der Waals surface area contributed by atoms with Gasteiger partial charge in [-0.2, -0.15) is 0 Å². The van der Waals surface area contributed by atoms with Crippen LogP contribution in [0.4, 0.5) is 0 Å². The summed E-state index contributed by atoms with van der Waals surface area (Å²) in [5.41, 5.74) is 0.257. The largest absolute Gasteiger partial charge is 0.460 e. The minimum atomic E-state index is -0.357. The lowest BCUT2D eigenvalue weighted by atomic mass is 9.58. The first-order valence-electron chi connectivity index (χ1n) is 8.87. The fourth-order valence-corrected chi connectivity index (χ4v) is 7.34. The number of carbonyl (C=O) groups is 1. The molecule has 0 radical (unpaired) electrons. The normalized spacial score (nSPS) is 54.0. The SMILES string of the molecule is CC(C)(C)OC(=O)C1CC2(C)CC1(C)C1C3CCC(C3)C12. The number of fused-ring (bicyclic) bond motifs is 9. The maximum atomic E-state index is 12.8. The lowest BCUT2D eigenvalue weighted by molar-refractivity contribution is -0.168. The first-order chi connectivity index (χ1) is 9.64. The molecule has 4 bridgehead atoms. The number of hydrogen-bond donors (Lipinski definition) is 0. The standard InChI is InChI=1S/C19H30O2/c1-17(2,3)21-16(20)13-9-18(4)10-19(13,5)15-12-7-6-11(8-12)14(15)18/h11-15H,6-10H2,1-5H3. The molecular formula is C19H30O2. The maximum Gasteiger partial charge on any atom is 0.310 e. The van der Waals surface area contributed by atoms with Gasteiger partial charge in [-0.25, -0.2) is 0 Å². The highest BCUT2D eigenvalue weighted by molar-refractivity contribution is 5.75. The van der Waals surface area contributed by atoms with E-state index in [9.17, 15) is 4.79 Å². The van der Waals surface area contributed by atoms with Crippen molar-refractivity contribution >= 4 is 5.97 Å². The van der Waals surface area contributed by atoms with Gasteiger partial charge in [0.15, 0.2) is 0 Å². The van der Waals surface area contributed by atoms with E-state index in [1.807, 2.05) is 20.8 Å². The van der Waals surface area contributed by atoms with Crippen molar-refractivity contribution in [1.82, 2.24) is 0 Å². The van der Waals surface area contributed by atoms with Crippen LogP contribution in [0.15, 0.2) is 0 Å². The zero-order valence-electron chi connectivity index (χ0n) is 14.2. The van der Waals surface area contributed by atoms with E-state index < -0.39 is 0 Å². The van der Waals surface area contributed by atoms with Gasteiger partial charge in [0, 0.05) is 0 Å². The first kappa shape index (κ1) is 14.1. The topological polar surface area (TPSA) is 26.3 Å². The summed E-state index contributed by atoms with van der Waals surface area (Å²) in [6, 6.07) is 0. The van der Waals surface area contributed by atoms with E-state index in [1.165, 1.54) is 25.7 Å². The Morgan fingerprint density at radius 2 is 1.71 bits per heavy atom. The summed E-state index contributed by atoms with van der Waals surface area (Å²) in [6.07, 6.45) is 6.64. The zero-order chi connectivity index (χ0) is 15.2. The number of esters is 1. The number of hydrogen-bond acceptors (Lipinski definition) is 2. The van der Waals surface area contributed by atoms with Gasteiger partial charge in [0.2, 0.25) is 0 Å². The minimum Gasteiger partial charge on any atom is -0.460 e. The summed E-state index contributed by atoms with van der Waals surface area (Å²) in [7, 11) is 0. The van der Waals surface area contributed by atoms with Crippen LogP contribution in [0.25, 0.3) is 0 Å². The van der Waals surface area contributed by atoms with Gasteiger partial charge in [-0.3, -0.25) is 4.79 Å². The van der Waals surface area contributed by atoms with Crippen molar-refractivity contribution in [1.29, 1.82) is 0 Å². The summed E-state index contributed by atoms with van der Waals surface area (Å²) in [4.78, 5) is 12.8. The molecule has 0 spiro atoms. The molecule has 0 aromatic rings. The van der Waals surface area contributed by atoms with Crippen LogP contribution in [-0.2, 0) is 9.53 Å². The quantitative estimate of drug-likeness (QED) is 0.527. The summed E-state index contributed by atoms with van der Waals surface area (Å²) in [5.74, 6) is 3.79. The van der Waals surface area contributed by atoms with E-state index in [2.05, 4.69) is 13.8 Å². The minimum absolute atomic E-state index is 0.0787. The van der Waals surface area contributed by atoms with Gasteiger partial charge in [0.05, 0.1) is 5.92 Å². The second-order valence-corrected chi connectivity index (χ2v) is 10.0. The van der Waals surface area contributed by atoms with Crippen molar-refractivity contribution in [3.05, 3.63) is 0 Å². The van der Waals surface area contributed by atoms with Gasteiger partial charge in [0.1, 0.15) is 5.60 Å². The molecule has 4 aliphatic carbocycles. The molecule has 0 amide bonds. The Hall–Kier alpha value is -0.530. The van der Waals surface area contributed by atoms with Crippen LogP contribution >= 0.6 is 0 Å². The molecule has 0 aromatic carbocycles. The summed E-state index contributed by atoms with van der Waals surface area (Å²) >= 11 is 0. The molecule has 4 saturated carbocycles. The Morgan fingerprint density at radius 3 is 2.33 bits per heavy atom. The Labute approximate surface area is 129 Å². The van der Waals surface area contributed by atoms with Crippen LogP contribution < -0.4 is 0 Å². The van der Waals surface area contributed by atoms with Crippen molar-refractivity contribution in [2.24, 2.45) is 40.4 Å². The molecule has 4 rings (SSSR count). The predicted molar refractivity (Wildman–Crippen MR) is 82.6 cm³/mol. The van der Waals surface area contributed by atoms with Crippen LogP contribution in [0, 0.1) is 40.4 Å². The molecule has 7 unspecified atom stereocenters. The van der Waals surface area contributed by atoms with Gasteiger partial charge in [-0.15, -0.1) is 0 Å². The monoisotopic (exact) mass is 290 g/mol. The molecule has 7 atom stereocenters. The molecule has 2 heteroatoms. The number of ether oxygens (including phenoxy) is 1. The lowest BCUT2D eigenvalue weighted by Gasteiger charge is -2.46. The molecule has 0 N–H and O–H groups in total. The third-order valence-electron chi connectivity index (χ3n) is 7.43. The van der Waals surface area contributed by atoms with Crippen LogP contribution in [0.2, 0.25) is 0 Å². The van der Waals surface area contributed by atoms with Crippen molar-refractivity contribution in [3.8, 4) is 0 Å². The fraction of sp³-hybridized carbons (Fsp3) is 0.947. The molecule has 4 aliphatic rings. The predicted octanol–water partition coefficient (Wildman–Crippen LogP) is 4.43. The lowest BCUT2D eigenvalue weighted by Crippen LogP contribution is -2.45. The van der Waals surface area contributed by atoms with Gasteiger partial charge in [-0.05, 0) is 87.4 Å². The molecule has 0 aromatic heterocycles. The molecule has 2 nitrogen and oxygen atoms in total. The number of rotatable bonds is 1. The number of carbonyl (C=O) groups excluding carboxylic acids is 1. The fourth-order valence-electron chi connectivity index (χ4n) is 7.34. The van der Waals surface area contributed by atoms with Crippen molar-refractivity contribution < 1.29 is 9.53 Å². The highest BCUT2D eigenvalue weighted by atomic mass is 16.6. The van der Waals surface area contributed by atoms with Crippen LogP contribution in [0.3, 0.4) is 0 Å². The van der Waals surface area contributed by atoms with Crippen molar-refractivity contribution in [2.75, 3.05) is 0 Å². The van der Waals surface area contributed by atoms with Crippen molar-refractivity contribution in [2.45, 2.75) is 72.3 Å². The Kier molecular flexibility index (Phi) is 2.59. The van der Waals surface area contributed by atoms with E-state index in [4.69, 9.17) is 4.74 Å². The van der Waals surface area contributed by atoms with E-state index >= 15 is 0 Å². The summed E-state index contributed by atoms with van der Waals surface area (Å²) < 4.78 is 5.77. The smallest absolute Gasteiger partial charge is 0.310 e. The Bertz CT molecular complexity index is 490. The van der Waals surface area contributed by atoms with E-state index in [0.717, 1.165) is 30.1 Å². The maximum absolute atomic E-state index is 12.8. The molecule has 0 saturated heterocycles. The van der Waals surface area contributed by atoms with Crippen molar-refractivity contribution in [3.63, 3.8) is 0 Å². The van der Waals surface area contributed by atoms with Crippen LogP contribution in [-0.4, -0.2) is 11.6 Å². The summed E-state index contributed by atoms with van der Waals surface area (Å²) in [5, 5.41) is 0. The third-order valence-corrected chi connectivity index (χ3v) is 7.43. The van der Waals surface area contributed by atoms with Gasteiger partial charge < -0.3 is 4.74 Å². The highest BCUT2D eigenvalue weighted by Crippen LogP contribution is 2.78. The Morgan fingerprint density at radius 1 is 1.10 bits per heavy atom. The summed E-state index contributed by atoms with van der Waals surface area (Å²) in [6.45, 7) is 10.9. The van der Waals surface area contributed by atoms with E-state index in [1.54, 1.807) is 0 Å². The molecule has 21 heavy (non-hydrogen) atoms.